The Labute approximate surface area is 127 Å². The van der Waals surface area contributed by atoms with Gasteiger partial charge in [-0.1, -0.05) is 41.4 Å². The molecule has 1 aromatic heterocycles. The number of tetrazole rings is 1. The van der Waals surface area contributed by atoms with Gasteiger partial charge in [0.05, 0.1) is 17.3 Å². The van der Waals surface area contributed by atoms with E-state index in [2.05, 4.69) is 40.6 Å². The predicted octanol–water partition coefficient (Wildman–Crippen LogP) is 2.93. The molecular weight excluding hydrogens is 286 g/mol. The third-order valence-corrected chi connectivity index (χ3v) is 3.55. The zero-order valence-electron chi connectivity index (χ0n) is 11.5. The molecule has 3 rings (SSSR count). The Morgan fingerprint density at radius 2 is 2.05 bits per heavy atom. The maximum atomic E-state index is 5.95. The van der Waals surface area contributed by atoms with Gasteiger partial charge in [0.15, 0.2) is 5.82 Å². The van der Waals surface area contributed by atoms with Crippen molar-refractivity contribution in [2.75, 3.05) is 5.73 Å². The summed E-state index contributed by atoms with van der Waals surface area (Å²) in [7, 11) is 0. The third-order valence-electron chi connectivity index (χ3n) is 3.20. The molecule has 0 fully saturated rings. The van der Waals surface area contributed by atoms with Crippen molar-refractivity contribution in [3.05, 3.63) is 58.6 Å². The summed E-state index contributed by atoms with van der Waals surface area (Å²) in [6, 6.07) is 13.6. The van der Waals surface area contributed by atoms with E-state index in [-0.39, 0.29) is 0 Å². The molecule has 21 heavy (non-hydrogen) atoms. The first-order valence-corrected chi connectivity index (χ1v) is 6.88. The van der Waals surface area contributed by atoms with Gasteiger partial charge >= 0.3 is 0 Å². The van der Waals surface area contributed by atoms with Crippen molar-refractivity contribution < 1.29 is 0 Å². The Kier molecular flexibility index (Phi) is 3.58. The van der Waals surface area contributed by atoms with Gasteiger partial charge in [0.2, 0.25) is 0 Å². The van der Waals surface area contributed by atoms with Crippen LogP contribution in [0.2, 0.25) is 5.02 Å². The normalized spacial score (nSPS) is 10.8. The molecule has 0 aliphatic heterocycles. The fraction of sp³-hybridized carbons (Fsp3) is 0.133. The number of nitrogens with two attached hydrogens (primary N) is 1. The fourth-order valence-electron chi connectivity index (χ4n) is 2.18. The van der Waals surface area contributed by atoms with E-state index < -0.39 is 0 Å². The van der Waals surface area contributed by atoms with Gasteiger partial charge in [0.25, 0.3) is 0 Å². The van der Waals surface area contributed by atoms with Crippen molar-refractivity contribution in [2.24, 2.45) is 0 Å². The van der Waals surface area contributed by atoms with E-state index in [4.69, 9.17) is 17.3 Å². The van der Waals surface area contributed by atoms with E-state index in [1.807, 2.05) is 12.1 Å². The van der Waals surface area contributed by atoms with Crippen molar-refractivity contribution >= 4 is 17.3 Å². The van der Waals surface area contributed by atoms with E-state index >= 15 is 0 Å². The SMILES string of the molecule is Cc1cccc(Cn2nnnc2-c2ccc(Cl)c(N)c2)c1. The lowest BCUT2D eigenvalue weighted by Crippen LogP contribution is -2.04. The Bertz CT molecular complexity index is 781. The zero-order chi connectivity index (χ0) is 14.8. The molecule has 0 saturated carbocycles. The summed E-state index contributed by atoms with van der Waals surface area (Å²) in [5.41, 5.74) is 9.55. The highest BCUT2D eigenvalue weighted by Gasteiger charge is 2.10. The van der Waals surface area contributed by atoms with Gasteiger partial charge in [-0.2, -0.15) is 0 Å². The van der Waals surface area contributed by atoms with Crippen LogP contribution < -0.4 is 5.73 Å². The van der Waals surface area contributed by atoms with Crippen molar-refractivity contribution in [2.45, 2.75) is 13.5 Å². The molecule has 0 radical (unpaired) electrons. The molecule has 6 heteroatoms. The van der Waals surface area contributed by atoms with Crippen LogP contribution in [0.4, 0.5) is 5.69 Å². The molecular formula is C15H14ClN5. The standard InChI is InChI=1S/C15H14ClN5/c1-10-3-2-4-11(7-10)9-21-15(18-19-20-21)12-5-6-13(16)14(17)8-12/h2-8H,9,17H2,1H3. The second kappa shape index (κ2) is 5.54. The Hall–Kier alpha value is -2.40. The zero-order valence-corrected chi connectivity index (χ0v) is 12.2. The number of benzene rings is 2. The Balaban J connectivity index is 1.95. The summed E-state index contributed by atoms with van der Waals surface area (Å²) >= 11 is 5.95. The van der Waals surface area contributed by atoms with Gasteiger partial charge < -0.3 is 5.73 Å². The van der Waals surface area contributed by atoms with Crippen LogP contribution in [0.3, 0.4) is 0 Å². The largest absolute Gasteiger partial charge is 0.398 e. The summed E-state index contributed by atoms with van der Waals surface area (Å²) in [6.45, 7) is 2.66. The minimum Gasteiger partial charge on any atom is -0.398 e. The number of aromatic nitrogens is 4. The Morgan fingerprint density at radius 3 is 2.81 bits per heavy atom. The highest BCUT2D eigenvalue weighted by Crippen LogP contribution is 2.25. The van der Waals surface area contributed by atoms with E-state index in [1.54, 1.807) is 16.8 Å². The number of nitrogens with zero attached hydrogens (tertiary/aromatic N) is 4. The molecule has 0 aliphatic rings. The van der Waals surface area contributed by atoms with E-state index in [9.17, 15) is 0 Å². The van der Waals surface area contributed by atoms with Gasteiger partial charge in [-0.15, -0.1) is 5.10 Å². The van der Waals surface area contributed by atoms with Gasteiger partial charge in [-0.3, -0.25) is 0 Å². The average molecular weight is 300 g/mol. The van der Waals surface area contributed by atoms with Crippen molar-refractivity contribution in [3.8, 4) is 11.4 Å². The number of aryl methyl sites for hydroxylation is 1. The van der Waals surface area contributed by atoms with Gasteiger partial charge in [-0.25, -0.2) is 4.68 Å². The monoisotopic (exact) mass is 299 g/mol. The van der Waals surface area contributed by atoms with Crippen LogP contribution in [0.5, 0.6) is 0 Å². The molecule has 0 saturated heterocycles. The molecule has 2 aromatic carbocycles. The van der Waals surface area contributed by atoms with Gasteiger partial charge in [0, 0.05) is 5.56 Å². The quantitative estimate of drug-likeness (QED) is 0.755. The molecule has 5 nitrogen and oxygen atoms in total. The summed E-state index contributed by atoms with van der Waals surface area (Å²) in [5, 5.41) is 12.4. The lowest BCUT2D eigenvalue weighted by molar-refractivity contribution is 0.653. The van der Waals surface area contributed by atoms with E-state index in [1.165, 1.54) is 5.56 Å². The molecule has 0 bridgehead atoms. The van der Waals surface area contributed by atoms with Crippen LogP contribution in [-0.2, 0) is 6.54 Å². The topological polar surface area (TPSA) is 69.6 Å². The second-order valence-electron chi connectivity index (χ2n) is 4.89. The maximum Gasteiger partial charge on any atom is 0.182 e. The molecule has 0 amide bonds. The van der Waals surface area contributed by atoms with Gasteiger partial charge in [0.1, 0.15) is 0 Å². The molecule has 1 heterocycles. The van der Waals surface area contributed by atoms with Crippen LogP contribution in [0.1, 0.15) is 11.1 Å². The summed E-state index contributed by atoms with van der Waals surface area (Å²) in [4.78, 5) is 0. The molecule has 0 atom stereocenters. The summed E-state index contributed by atoms with van der Waals surface area (Å²) in [6.07, 6.45) is 0. The van der Waals surface area contributed by atoms with Crippen LogP contribution in [0.15, 0.2) is 42.5 Å². The first-order chi connectivity index (χ1) is 10.1. The van der Waals surface area contributed by atoms with Crippen LogP contribution in [0.25, 0.3) is 11.4 Å². The molecule has 0 aliphatic carbocycles. The molecule has 0 unspecified atom stereocenters. The van der Waals surface area contributed by atoms with Gasteiger partial charge in [-0.05, 0) is 41.1 Å². The lowest BCUT2D eigenvalue weighted by atomic mass is 10.1. The first kappa shape index (κ1) is 13.6. The van der Waals surface area contributed by atoms with Crippen LogP contribution >= 0.6 is 11.6 Å². The number of hydrogen-bond acceptors (Lipinski definition) is 4. The van der Waals surface area contributed by atoms with Crippen molar-refractivity contribution in [3.63, 3.8) is 0 Å². The third kappa shape index (κ3) is 2.87. The van der Waals surface area contributed by atoms with E-state index in [0.717, 1.165) is 11.1 Å². The predicted molar refractivity (Wildman–Crippen MR) is 83.0 cm³/mol. The number of nitrogen functional groups attached to an aromatic ring is 1. The Morgan fingerprint density at radius 1 is 1.19 bits per heavy atom. The highest BCUT2D eigenvalue weighted by atomic mass is 35.5. The fourth-order valence-corrected chi connectivity index (χ4v) is 2.30. The van der Waals surface area contributed by atoms with Crippen molar-refractivity contribution in [1.29, 1.82) is 0 Å². The van der Waals surface area contributed by atoms with Crippen LogP contribution in [-0.4, -0.2) is 20.2 Å². The summed E-state index contributed by atoms with van der Waals surface area (Å²) < 4.78 is 1.75. The second-order valence-corrected chi connectivity index (χ2v) is 5.29. The first-order valence-electron chi connectivity index (χ1n) is 6.50. The molecule has 0 spiro atoms. The van der Waals surface area contributed by atoms with Crippen molar-refractivity contribution in [1.82, 2.24) is 20.2 Å². The number of halogens is 1. The average Bonchev–Trinajstić information content (AvgIpc) is 2.90. The van der Waals surface area contributed by atoms with Crippen LogP contribution in [0, 0.1) is 6.92 Å². The number of anilines is 1. The minimum absolute atomic E-state index is 0.513. The smallest absolute Gasteiger partial charge is 0.182 e. The maximum absolute atomic E-state index is 5.95. The summed E-state index contributed by atoms with van der Waals surface area (Å²) in [5.74, 6) is 0.667. The number of rotatable bonds is 3. The lowest BCUT2D eigenvalue weighted by Gasteiger charge is -2.07. The van der Waals surface area contributed by atoms with E-state index in [0.29, 0.717) is 23.1 Å². The molecule has 3 aromatic rings. The molecule has 2 N–H and O–H groups in total. The highest BCUT2D eigenvalue weighted by molar-refractivity contribution is 6.33. The number of hydrogen-bond donors (Lipinski definition) is 1. The molecule has 106 valence electrons. The minimum atomic E-state index is 0.513.